The molecule has 21 heavy (non-hydrogen) atoms. The second kappa shape index (κ2) is 12.4. The van der Waals surface area contributed by atoms with Crippen molar-refractivity contribution in [3.8, 4) is 0 Å². The number of carbonyl (C=O) groups is 1. The summed E-state index contributed by atoms with van der Waals surface area (Å²) in [5.74, 6) is -0.00785. The van der Waals surface area contributed by atoms with Crippen LogP contribution in [0.25, 0.3) is 0 Å². The van der Waals surface area contributed by atoms with Crippen molar-refractivity contribution in [1.82, 2.24) is 5.32 Å². The minimum absolute atomic E-state index is 0.00785. The van der Waals surface area contributed by atoms with Crippen LogP contribution in [0.3, 0.4) is 0 Å². The molecule has 0 saturated carbocycles. The van der Waals surface area contributed by atoms with Gasteiger partial charge in [-0.15, -0.1) is 0 Å². The van der Waals surface area contributed by atoms with Crippen LogP contribution in [-0.4, -0.2) is 12.5 Å². The molecule has 0 atom stereocenters. The maximum Gasteiger partial charge on any atom is 0.251 e. The fourth-order valence-electron chi connectivity index (χ4n) is 2.44. The van der Waals surface area contributed by atoms with Crippen molar-refractivity contribution < 1.29 is 4.79 Å². The maximum absolute atomic E-state index is 11.8. The molecule has 0 aromatic heterocycles. The number of hydrogen-bond acceptors (Lipinski definition) is 1. The first-order valence-corrected chi connectivity index (χ1v) is 8.59. The van der Waals surface area contributed by atoms with E-state index >= 15 is 0 Å². The fourth-order valence-corrected chi connectivity index (χ4v) is 2.44. The molecular weight excluding hydrogens is 258 g/mol. The molecule has 1 radical (unpaired) electrons. The zero-order valence-electron chi connectivity index (χ0n) is 13.5. The molecule has 0 aliphatic heterocycles. The Hall–Kier alpha value is -1.31. The molecule has 0 saturated heterocycles. The lowest BCUT2D eigenvalue weighted by Gasteiger charge is -2.05. The molecule has 0 unspecified atom stereocenters. The van der Waals surface area contributed by atoms with Gasteiger partial charge in [-0.2, -0.15) is 0 Å². The van der Waals surface area contributed by atoms with Crippen LogP contribution < -0.4 is 5.32 Å². The van der Waals surface area contributed by atoms with Crippen LogP contribution in [0.2, 0.25) is 0 Å². The third-order valence-corrected chi connectivity index (χ3v) is 3.77. The van der Waals surface area contributed by atoms with Crippen LogP contribution >= 0.6 is 0 Å². The standard InChI is InChI=1S/C19H30NO/c1-2-3-4-5-6-7-8-9-10-14-17-20-19(21)18-15-12-11-13-16-18/h11-13,15H,2-10,14,17H2,1H3,(H,20,21). The van der Waals surface area contributed by atoms with Crippen LogP contribution in [-0.2, 0) is 0 Å². The normalized spacial score (nSPS) is 10.5. The highest BCUT2D eigenvalue weighted by Gasteiger charge is 2.02. The van der Waals surface area contributed by atoms with Crippen LogP contribution in [0.5, 0.6) is 0 Å². The van der Waals surface area contributed by atoms with Gasteiger partial charge in [0, 0.05) is 12.1 Å². The number of carbonyl (C=O) groups excluding carboxylic acids is 1. The minimum Gasteiger partial charge on any atom is -0.352 e. The van der Waals surface area contributed by atoms with Gasteiger partial charge in [0.2, 0.25) is 0 Å². The van der Waals surface area contributed by atoms with Gasteiger partial charge in [-0.05, 0) is 18.6 Å². The second-order valence-electron chi connectivity index (χ2n) is 5.71. The van der Waals surface area contributed by atoms with E-state index in [1.165, 1.54) is 57.8 Å². The Bertz CT molecular complexity index is 361. The van der Waals surface area contributed by atoms with Gasteiger partial charge in [0.1, 0.15) is 0 Å². The smallest absolute Gasteiger partial charge is 0.251 e. The molecule has 0 spiro atoms. The van der Waals surface area contributed by atoms with Crippen molar-refractivity contribution in [3.05, 3.63) is 35.9 Å². The average Bonchev–Trinajstić information content (AvgIpc) is 2.53. The first-order valence-electron chi connectivity index (χ1n) is 8.59. The van der Waals surface area contributed by atoms with E-state index in [2.05, 4.69) is 18.3 Å². The highest BCUT2D eigenvalue weighted by atomic mass is 16.1. The summed E-state index contributed by atoms with van der Waals surface area (Å²) in [6.45, 7) is 3.03. The molecule has 1 aromatic rings. The second-order valence-corrected chi connectivity index (χ2v) is 5.71. The van der Waals surface area contributed by atoms with E-state index in [-0.39, 0.29) is 5.91 Å². The van der Waals surface area contributed by atoms with E-state index < -0.39 is 0 Å². The summed E-state index contributed by atoms with van der Waals surface area (Å²) in [5.41, 5.74) is 0.629. The van der Waals surface area contributed by atoms with E-state index in [0.29, 0.717) is 5.56 Å². The molecule has 1 amide bonds. The molecule has 0 bridgehead atoms. The summed E-state index contributed by atoms with van der Waals surface area (Å²) in [5, 5.41) is 2.95. The first-order chi connectivity index (χ1) is 10.3. The van der Waals surface area contributed by atoms with Crippen LogP contribution in [0, 0.1) is 6.07 Å². The predicted octanol–water partition coefficient (Wildman–Crippen LogP) is 5.14. The van der Waals surface area contributed by atoms with Crippen LogP contribution in [0.4, 0.5) is 0 Å². The Labute approximate surface area is 130 Å². The van der Waals surface area contributed by atoms with Crippen molar-refractivity contribution in [2.24, 2.45) is 0 Å². The molecule has 0 heterocycles. The molecule has 1 aromatic carbocycles. The van der Waals surface area contributed by atoms with Crippen molar-refractivity contribution in [1.29, 1.82) is 0 Å². The van der Waals surface area contributed by atoms with Gasteiger partial charge in [-0.1, -0.05) is 82.9 Å². The zero-order chi connectivity index (χ0) is 15.2. The molecule has 0 fully saturated rings. The van der Waals surface area contributed by atoms with Crippen molar-refractivity contribution in [2.45, 2.75) is 71.1 Å². The van der Waals surface area contributed by atoms with Gasteiger partial charge in [-0.3, -0.25) is 4.79 Å². The third-order valence-electron chi connectivity index (χ3n) is 3.77. The summed E-state index contributed by atoms with van der Waals surface area (Å²) in [4.78, 5) is 11.8. The highest BCUT2D eigenvalue weighted by Crippen LogP contribution is 2.10. The summed E-state index contributed by atoms with van der Waals surface area (Å²) in [7, 11) is 0. The van der Waals surface area contributed by atoms with Gasteiger partial charge < -0.3 is 5.32 Å². The maximum atomic E-state index is 11.8. The summed E-state index contributed by atoms with van der Waals surface area (Å²) in [6.07, 6.45) is 13.2. The largest absolute Gasteiger partial charge is 0.352 e. The van der Waals surface area contributed by atoms with Crippen molar-refractivity contribution in [2.75, 3.05) is 6.54 Å². The lowest BCUT2D eigenvalue weighted by atomic mass is 10.1. The molecule has 2 heteroatoms. The number of unbranched alkanes of at least 4 members (excludes halogenated alkanes) is 9. The van der Waals surface area contributed by atoms with E-state index in [9.17, 15) is 4.79 Å². The fraction of sp³-hybridized carbons (Fsp3) is 0.632. The van der Waals surface area contributed by atoms with Crippen LogP contribution in [0.1, 0.15) is 81.5 Å². The monoisotopic (exact) mass is 288 g/mol. The number of hydrogen-bond donors (Lipinski definition) is 1. The lowest BCUT2D eigenvalue weighted by Crippen LogP contribution is -2.24. The average molecular weight is 288 g/mol. The SMILES string of the molecule is CCCCCCCCCCCCNC(=O)c1[c]cccc1. The molecular formula is C19H30NO. The zero-order valence-corrected chi connectivity index (χ0v) is 13.5. The predicted molar refractivity (Wildman–Crippen MR) is 89.5 cm³/mol. The highest BCUT2D eigenvalue weighted by molar-refractivity contribution is 5.93. The molecule has 0 aliphatic carbocycles. The van der Waals surface area contributed by atoms with Crippen molar-refractivity contribution in [3.63, 3.8) is 0 Å². The molecule has 1 rings (SSSR count). The molecule has 2 nitrogen and oxygen atoms in total. The lowest BCUT2D eigenvalue weighted by molar-refractivity contribution is 0.0952. The number of benzene rings is 1. The van der Waals surface area contributed by atoms with E-state index in [4.69, 9.17) is 0 Å². The van der Waals surface area contributed by atoms with Gasteiger partial charge in [0.15, 0.2) is 0 Å². The van der Waals surface area contributed by atoms with E-state index in [0.717, 1.165) is 13.0 Å². The summed E-state index contributed by atoms with van der Waals surface area (Å²) >= 11 is 0. The van der Waals surface area contributed by atoms with Gasteiger partial charge >= 0.3 is 0 Å². The molecule has 1 N–H and O–H groups in total. The Morgan fingerprint density at radius 3 is 2.14 bits per heavy atom. The van der Waals surface area contributed by atoms with Crippen LogP contribution in [0.15, 0.2) is 24.3 Å². The first kappa shape index (κ1) is 17.7. The third kappa shape index (κ3) is 9.28. The van der Waals surface area contributed by atoms with Gasteiger partial charge in [-0.25, -0.2) is 0 Å². The number of nitrogens with one attached hydrogen (secondary N) is 1. The Morgan fingerprint density at radius 1 is 0.952 bits per heavy atom. The Balaban J connectivity index is 1.88. The topological polar surface area (TPSA) is 29.1 Å². The minimum atomic E-state index is -0.00785. The molecule has 117 valence electrons. The molecule has 0 aliphatic rings. The Morgan fingerprint density at radius 2 is 1.57 bits per heavy atom. The number of rotatable bonds is 12. The summed E-state index contributed by atoms with van der Waals surface area (Å²) < 4.78 is 0. The van der Waals surface area contributed by atoms with E-state index in [1.807, 2.05) is 12.1 Å². The van der Waals surface area contributed by atoms with Gasteiger partial charge in [0.25, 0.3) is 5.91 Å². The Kier molecular flexibility index (Phi) is 10.5. The van der Waals surface area contributed by atoms with Crippen molar-refractivity contribution >= 4 is 5.91 Å². The quantitative estimate of drug-likeness (QED) is 0.530. The van der Waals surface area contributed by atoms with E-state index in [1.54, 1.807) is 12.1 Å². The summed E-state index contributed by atoms with van der Waals surface area (Å²) in [6, 6.07) is 10.3. The number of amides is 1. The van der Waals surface area contributed by atoms with Gasteiger partial charge in [0.05, 0.1) is 0 Å².